The molecule has 76 valence electrons. The summed E-state index contributed by atoms with van der Waals surface area (Å²) in [6.45, 7) is 0.976. The molecule has 0 aliphatic rings. The van der Waals surface area contributed by atoms with Gasteiger partial charge in [-0.3, -0.25) is 4.79 Å². The second kappa shape index (κ2) is 3.32. The molecule has 1 aromatic carbocycles. The molecule has 0 bridgehead atoms. The standard InChI is InChI=1S/C9H7F3O2/c1-5(13)8-6(9(10,11)12)3-2-4-7(8)14/h2-4,14H,1H3. The van der Waals surface area contributed by atoms with Crippen LogP contribution in [0.25, 0.3) is 0 Å². The van der Waals surface area contributed by atoms with Gasteiger partial charge >= 0.3 is 6.18 Å². The number of halogens is 3. The van der Waals surface area contributed by atoms with Gasteiger partial charge in [0.1, 0.15) is 5.75 Å². The van der Waals surface area contributed by atoms with Crippen LogP contribution >= 0.6 is 0 Å². The SMILES string of the molecule is CC(=O)c1c(O)cccc1C(F)(F)F. The zero-order valence-electron chi connectivity index (χ0n) is 7.22. The first-order chi connectivity index (χ1) is 6.34. The number of rotatable bonds is 1. The summed E-state index contributed by atoms with van der Waals surface area (Å²) >= 11 is 0. The number of carbonyl (C=O) groups excluding carboxylic acids is 1. The van der Waals surface area contributed by atoms with Crippen LogP contribution in [0.4, 0.5) is 13.2 Å². The molecule has 0 aromatic heterocycles. The van der Waals surface area contributed by atoms with Crippen molar-refractivity contribution in [1.29, 1.82) is 0 Å². The number of Topliss-reactive ketones (excluding diaryl/α,β-unsaturated/α-hetero) is 1. The van der Waals surface area contributed by atoms with Crippen LogP contribution in [0.1, 0.15) is 22.8 Å². The lowest BCUT2D eigenvalue weighted by Gasteiger charge is -2.11. The van der Waals surface area contributed by atoms with E-state index >= 15 is 0 Å². The molecular weight excluding hydrogens is 197 g/mol. The number of ketones is 1. The molecule has 0 fully saturated rings. The van der Waals surface area contributed by atoms with Gasteiger partial charge in [-0.05, 0) is 19.1 Å². The van der Waals surface area contributed by atoms with Crippen LogP contribution in [0, 0.1) is 0 Å². The number of phenols is 1. The average Bonchev–Trinajstić information content (AvgIpc) is 2.01. The van der Waals surface area contributed by atoms with Crippen molar-refractivity contribution in [1.82, 2.24) is 0 Å². The van der Waals surface area contributed by atoms with E-state index in [2.05, 4.69) is 0 Å². The number of aromatic hydroxyl groups is 1. The Bertz CT molecular complexity index is 369. The average molecular weight is 204 g/mol. The van der Waals surface area contributed by atoms with Crippen molar-refractivity contribution < 1.29 is 23.1 Å². The normalized spacial score (nSPS) is 11.4. The molecule has 0 aliphatic heterocycles. The molecule has 1 rings (SSSR count). The van der Waals surface area contributed by atoms with E-state index in [1.807, 2.05) is 0 Å². The third-order valence-corrected chi connectivity index (χ3v) is 1.70. The van der Waals surface area contributed by atoms with Crippen LogP contribution in [0.3, 0.4) is 0 Å². The molecule has 0 amide bonds. The third-order valence-electron chi connectivity index (χ3n) is 1.70. The smallest absolute Gasteiger partial charge is 0.417 e. The van der Waals surface area contributed by atoms with E-state index in [9.17, 15) is 18.0 Å². The highest BCUT2D eigenvalue weighted by Crippen LogP contribution is 2.35. The maximum absolute atomic E-state index is 12.3. The van der Waals surface area contributed by atoms with Gasteiger partial charge in [0.2, 0.25) is 0 Å². The van der Waals surface area contributed by atoms with Crippen LogP contribution in [0.5, 0.6) is 5.75 Å². The highest BCUT2D eigenvalue weighted by molar-refractivity contribution is 5.98. The largest absolute Gasteiger partial charge is 0.507 e. The Morgan fingerprint density at radius 1 is 1.36 bits per heavy atom. The fraction of sp³-hybridized carbons (Fsp3) is 0.222. The van der Waals surface area contributed by atoms with E-state index in [0.717, 1.165) is 25.1 Å². The van der Waals surface area contributed by atoms with Crippen molar-refractivity contribution in [2.24, 2.45) is 0 Å². The number of carbonyl (C=O) groups is 1. The number of benzene rings is 1. The summed E-state index contributed by atoms with van der Waals surface area (Å²) < 4.78 is 37.0. The molecule has 5 heteroatoms. The zero-order chi connectivity index (χ0) is 10.9. The van der Waals surface area contributed by atoms with E-state index in [1.165, 1.54) is 0 Å². The maximum Gasteiger partial charge on any atom is 0.417 e. The number of hydrogen-bond donors (Lipinski definition) is 1. The van der Waals surface area contributed by atoms with Gasteiger partial charge in [0.15, 0.2) is 5.78 Å². The number of hydrogen-bond acceptors (Lipinski definition) is 2. The Kier molecular flexibility index (Phi) is 2.51. The Labute approximate surface area is 78.0 Å². The van der Waals surface area contributed by atoms with Crippen molar-refractivity contribution in [3.05, 3.63) is 29.3 Å². The molecule has 1 N–H and O–H groups in total. The van der Waals surface area contributed by atoms with E-state index in [0.29, 0.717) is 0 Å². The van der Waals surface area contributed by atoms with Gasteiger partial charge in [0, 0.05) is 0 Å². The molecule has 0 spiro atoms. The van der Waals surface area contributed by atoms with E-state index in [-0.39, 0.29) is 0 Å². The Hall–Kier alpha value is -1.52. The number of phenolic OH excluding ortho intramolecular Hbond substituents is 1. The molecule has 14 heavy (non-hydrogen) atoms. The quantitative estimate of drug-likeness (QED) is 0.714. The van der Waals surface area contributed by atoms with Crippen molar-refractivity contribution in [2.45, 2.75) is 13.1 Å². The lowest BCUT2D eigenvalue weighted by atomic mass is 10.0. The Morgan fingerprint density at radius 3 is 2.29 bits per heavy atom. The minimum atomic E-state index is -4.63. The molecule has 2 nitrogen and oxygen atoms in total. The second-order valence-electron chi connectivity index (χ2n) is 2.75. The Morgan fingerprint density at radius 2 is 1.93 bits per heavy atom. The van der Waals surface area contributed by atoms with Crippen LogP contribution in [0.15, 0.2) is 18.2 Å². The molecule has 0 unspecified atom stereocenters. The summed E-state index contributed by atoms with van der Waals surface area (Å²) in [6.07, 6.45) is -4.63. The highest BCUT2D eigenvalue weighted by atomic mass is 19.4. The van der Waals surface area contributed by atoms with Crippen LogP contribution < -0.4 is 0 Å². The summed E-state index contributed by atoms with van der Waals surface area (Å²) in [5.41, 5.74) is -1.79. The highest BCUT2D eigenvalue weighted by Gasteiger charge is 2.35. The first-order valence-electron chi connectivity index (χ1n) is 3.74. The first kappa shape index (κ1) is 10.6. The summed E-state index contributed by atoms with van der Waals surface area (Å²) in [4.78, 5) is 10.9. The minimum absolute atomic E-state index is 0.646. The summed E-state index contributed by atoms with van der Waals surface area (Å²) in [7, 11) is 0. The van der Waals surface area contributed by atoms with E-state index in [1.54, 1.807) is 0 Å². The van der Waals surface area contributed by atoms with Gasteiger partial charge in [-0.15, -0.1) is 0 Å². The van der Waals surface area contributed by atoms with E-state index in [4.69, 9.17) is 5.11 Å². The van der Waals surface area contributed by atoms with E-state index < -0.39 is 28.8 Å². The van der Waals surface area contributed by atoms with Crippen molar-refractivity contribution in [2.75, 3.05) is 0 Å². The first-order valence-corrected chi connectivity index (χ1v) is 3.74. The fourth-order valence-corrected chi connectivity index (χ4v) is 1.15. The maximum atomic E-state index is 12.3. The number of alkyl halides is 3. The third kappa shape index (κ3) is 1.86. The van der Waals surface area contributed by atoms with Gasteiger partial charge < -0.3 is 5.11 Å². The lowest BCUT2D eigenvalue weighted by Crippen LogP contribution is -2.11. The molecule has 0 atom stereocenters. The van der Waals surface area contributed by atoms with Gasteiger partial charge in [0.25, 0.3) is 0 Å². The molecule has 1 aromatic rings. The van der Waals surface area contributed by atoms with Gasteiger partial charge in [-0.1, -0.05) is 6.07 Å². The lowest BCUT2D eigenvalue weighted by molar-refractivity contribution is -0.138. The zero-order valence-corrected chi connectivity index (χ0v) is 7.22. The summed E-state index contributed by atoms with van der Waals surface area (Å²) in [5, 5.41) is 9.10. The van der Waals surface area contributed by atoms with Crippen molar-refractivity contribution in [3.63, 3.8) is 0 Å². The molecule has 0 saturated carbocycles. The van der Waals surface area contributed by atoms with Gasteiger partial charge in [-0.2, -0.15) is 13.2 Å². The molecular formula is C9H7F3O2. The minimum Gasteiger partial charge on any atom is -0.507 e. The predicted octanol–water partition coefficient (Wildman–Crippen LogP) is 2.61. The molecule has 0 aliphatic carbocycles. The molecule has 0 radical (unpaired) electrons. The van der Waals surface area contributed by atoms with Crippen LogP contribution in [0.2, 0.25) is 0 Å². The second-order valence-corrected chi connectivity index (χ2v) is 2.75. The summed E-state index contributed by atoms with van der Waals surface area (Å²) in [6, 6.07) is 2.85. The fourth-order valence-electron chi connectivity index (χ4n) is 1.15. The Balaban J connectivity index is 3.44. The monoisotopic (exact) mass is 204 g/mol. The van der Waals surface area contributed by atoms with Crippen LogP contribution in [-0.2, 0) is 6.18 Å². The van der Waals surface area contributed by atoms with Crippen molar-refractivity contribution in [3.8, 4) is 5.75 Å². The van der Waals surface area contributed by atoms with Gasteiger partial charge in [-0.25, -0.2) is 0 Å². The van der Waals surface area contributed by atoms with Crippen molar-refractivity contribution >= 4 is 5.78 Å². The van der Waals surface area contributed by atoms with Crippen LogP contribution in [-0.4, -0.2) is 10.9 Å². The summed E-state index contributed by atoms with van der Waals surface area (Å²) in [5.74, 6) is -1.46. The topological polar surface area (TPSA) is 37.3 Å². The van der Waals surface area contributed by atoms with Gasteiger partial charge in [0.05, 0.1) is 11.1 Å². The predicted molar refractivity (Wildman–Crippen MR) is 43.1 cm³/mol. The molecule has 0 saturated heterocycles. The molecule has 0 heterocycles.